The van der Waals surface area contributed by atoms with Gasteiger partial charge in [-0.15, -0.1) is 0 Å². The first-order valence-electron chi connectivity index (χ1n) is 4.21. The Labute approximate surface area is 80.6 Å². The fraction of sp³-hybridized carbons (Fsp3) is 0.0909. The van der Waals surface area contributed by atoms with E-state index in [1.807, 2.05) is 6.07 Å². The zero-order valence-corrected chi connectivity index (χ0v) is 7.37. The summed E-state index contributed by atoms with van der Waals surface area (Å²) in [5.41, 5.74) is 1.35. The van der Waals surface area contributed by atoms with E-state index < -0.39 is 0 Å². The Morgan fingerprint density at radius 2 is 2.29 bits per heavy atom. The highest BCUT2D eigenvalue weighted by atomic mass is 19.1. The quantitative estimate of drug-likeness (QED) is 0.685. The van der Waals surface area contributed by atoms with Crippen LogP contribution in [0.2, 0.25) is 0 Å². The van der Waals surface area contributed by atoms with Crippen LogP contribution in [0, 0.1) is 17.1 Å². The van der Waals surface area contributed by atoms with E-state index in [0.717, 1.165) is 5.39 Å². The van der Waals surface area contributed by atoms with Crippen molar-refractivity contribution in [2.45, 2.75) is 6.42 Å². The van der Waals surface area contributed by atoms with E-state index in [0.29, 0.717) is 11.1 Å². The summed E-state index contributed by atoms with van der Waals surface area (Å²) in [6.07, 6.45) is 1.83. The summed E-state index contributed by atoms with van der Waals surface area (Å²) in [4.78, 5) is 4.12. The van der Waals surface area contributed by atoms with Crippen LogP contribution in [-0.4, -0.2) is 4.98 Å². The molecular formula is C11H7FN2. The zero-order valence-electron chi connectivity index (χ0n) is 7.37. The van der Waals surface area contributed by atoms with Gasteiger partial charge in [-0.25, -0.2) is 4.39 Å². The fourth-order valence-corrected chi connectivity index (χ4v) is 1.45. The number of hydrogen-bond acceptors (Lipinski definition) is 2. The van der Waals surface area contributed by atoms with Gasteiger partial charge < -0.3 is 0 Å². The maximum absolute atomic E-state index is 13.1. The second kappa shape index (κ2) is 3.43. The van der Waals surface area contributed by atoms with Gasteiger partial charge in [-0.05, 0) is 23.8 Å². The van der Waals surface area contributed by atoms with Crippen LogP contribution in [0.15, 0.2) is 30.5 Å². The molecule has 14 heavy (non-hydrogen) atoms. The average molecular weight is 186 g/mol. The predicted molar refractivity (Wildman–Crippen MR) is 51.0 cm³/mol. The van der Waals surface area contributed by atoms with Crippen LogP contribution < -0.4 is 0 Å². The molecule has 0 aliphatic rings. The molecule has 0 radical (unpaired) electrons. The van der Waals surface area contributed by atoms with Gasteiger partial charge in [0.1, 0.15) is 5.82 Å². The topological polar surface area (TPSA) is 36.7 Å². The van der Waals surface area contributed by atoms with E-state index in [9.17, 15) is 4.39 Å². The molecule has 0 aliphatic heterocycles. The minimum absolute atomic E-state index is 0.186. The van der Waals surface area contributed by atoms with Crippen molar-refractivity contribution in [3.63, 3.8) is 0 Å². The van der Waals surface area contributed by atoms with Gasteiger partial charge in [-0.3, -0.25) is 4.98 Å². The molecule has 0 N–H and O–H groups in total. The molecule has 0 spiro atoms. The lowest BCUT2D eigenvalue weighted by Gasteiger charge is -2.01. The number of hydrogen-bond donors (Lipinski definition) is 0. The van der Waals surface area contributed by atoms with E-state index in [1.54, 1.807) is 18.3 Å². The van der Waals surface area contributed by atoms with Crippen molar-refractivity contribution in [3.05, 3.63) is 41.8 Å². The summed E-state index contributed by atoms with van der Waals surface area (Å²) in [5, 5.41) is 9.30. The Balaban J connectivity index is 2.74. The van der Waals surface area contributed by atoms with E-state index in [4.69, 9.17) is 5.26 Å². The van der Waals surface area contributed by atoms with Crippen molar-refractivity contribution in [1.29, 1.82) is 5.26 Å². The SMILES string of the molecule is N#CCc1cc(F)cc2cccnc12. The third-order valence-corrected chi connectivity index (χ3v) is 2.02. The molecule has 2 aromatic rings. The monoisotopic (exact) mass is 186 g/mol. The van der Waals surface area contributed by atoms with Crippen molar-refractivity contribution in [3.8, 4) is 6.07 Å². The van der Waals surface area contributed by atoms with Crippen molar-refractivity contribution < 1.29 is 4.39 Å². The van der Waals surface area contributed by atoms with Crippen molar-refractivity contribution in [2.75, 3.05) is 0 Å². The highest BCUT2D eigenvalue weighted by molar-refractivity contribution is 5.81. The molecule has 1 aromatic carbocycles. The first-order chi connectivity index (χ1) is 6.81. The number of nitrogens with zero attached hydrogens (tertiary/aromatic N) is 2. The van der Waals surface area contributed by atoms with Gasteiger partial charge in [0.05, 0.1) is 18.0 Å². The van der Waals surface area contributed by atoms with Crippen molar-refractivity contribution >= 4 is 10.9 Å². The second-order valence-electron chi connectivity index (χ2n) is 2.97. The number of aromatic nitrogens is 1. The number of halogens is 1. The minimum atomic E-state index is -0.323. The molecule has 1 heterocycles. The molecule has 0 amide bonds. The molecule has 2 rings (SSSR count). The van der Waals surface area contributed by atoms with Crippen LogP contribution in [0.1, 0.15) is 5.56 Å². The molecular weight excluding hydrogens is 179 g/mol. The lowest BCUT2D eigenvalue weighted by atomic mass is 10.1. The fourth-order valence-electron chi connectivity index (χ4n) is 1.45. The molecule has 0 atom stereocenters. The maximum Gasteiger partial charge on any atom is 0.124 e. The molecule has 0 unspecified atom stereocenters. The number of fused-ring (bicyclic) bond motifs is 1. The van der Waals surface area contributed by atoms with Crippen LogP contribution >= 0.6 is 0 Å². The lowest BCUT2D eigenvalue weighted by molar-refractivity contribution is 0.628. The molecule has 0 saturated carbocycles. The summed E-state index contributed by atoms with van der Waals surface area (Å²) in [6, 6.07) is 8.31. The molecule has 68 valence electrons. The third-order valence-electron chi connectivity index (χ3n) is 2.02. The van der Waals surface area contributed by atoms with E-state index in [-0.39, 0.29) is 12.2 Å². The van der Waals surface area contributed by atoms with E-state index >= 15 is 0 Å². The Kier molecular flexibility index (Phi) is 2.11. The largest absolute Gasteiger partial charge is 0.256 e. The molecule has 0 fully saturated rings. The van der Waals surface area contributed by atoms with Crippen LogP contribution in [0.5, 0.6) is 0 Å². The summed E-state index contributed by atoms with van der Waals surface area (Å²) >= 11 is 0. The van der Waals surface area contributed by atoms with Gasteiger partial charge in [0.2, 0.25) is 0 Å². The van der Waals surface area contributed by atoms with Crippen LogP contribution in [0.4, 0.5) is 4.39 Å². The Morgan fingerprint density at radius 1 is 1.43 bits per heavy atom. The van der Waals surface area contributed by atoms with Gasteiger partial charge in [-0.1, -0.05) is 6.07 Å². The molecule has 2 nitrogen and oxygen atoms in total. The van der Waals surface area contributed by atoms with Gasteiger partial charge in [0, 0.05) is 11.6 Å². The standard InChI is InChI=1S/C11H7FN2/c12-10-6-8-2-1-5-14-11(8)9(7-10)3-4-13/h1-2,5-7H,3H2. The van der Waals surface area contributed by atoms with Crippen molar-refractivity contribution in [2.24, 2.45) is 0 Å². The molecule has 3 heteroatoms. The summed E-state index contributed by atoms with van der Waals surface area (Å²) in [6.45, 7) is 0. The van der Waals surface area contributed by atoms with Gasteiger partial charge in [-0.2, -0.15) is 5.26 Å². The first kappa shape index (κ1) is 8.64. The first-order valence-corrected chi connectivity index (χ1v) is 4.21. The second-order valence-corrected chi connectivity index (χ2v) is 2.97. The maximum atomic E-state index is 13.1. The zero-order chi connectivity index (χ0) is 9.97. The van der Waals surface area contributed by atoms with Crippen molar-refractivity contribution in [1.82, 2.24) is 4.98 Å². The predicted octanol–water partition coefficient (Wildman–Crippen LogP) is 2.44. The number of pyridine rings is 1. The Hall–Kier alpha value is -1.95. The average Bonchev–Trinajstić information content (AvgIpc) is 2.18. The smallest absolute Gasteiger partial charge is 0.124 e. The van der Waals surface area contributed by atoms with Crippen LogP contribution in [0.3, 0.4) is 0 Å². The molecule has 0 aliphatic carbocycles. The minimum Gasteiger partial charge on any atom is -0.256 e. The number of nitriles is 1. The number of benzene rings is 1. The van der Waals surface area contributed by atoms with Gasteiger partial charge in [0.25, 0.3) is 0 Å². The highest BCUT2D eigenvalue weighted by Crippen LogP contribution is 2.18. The lowest BCUT2D eigenvalue weighted by Crippen LogP contribution is -1.89. The Morgan fingerprint density at radius 3 is 3.07 bits per heavy atom. The van der Waals surface area contributed by atoms with Crippen LogP contribution in [0.25, 0.3) is 10.9 Å². The highest BCUT2D eigenvalue weighted by Gasteiger charge is 2.04. The Bertz CT molecular complexity index is 514. The molecule has 1 aromatic heterocycles. The normalized spacial score (nSPS) is 10.0. The summed E-state index contributed by atoms with van der Waals surface area (Å²) in [5.74, 6) is -0.323. The van der Waals surface area contributed by atoms with Gasteiger partial charge >= 0.3 is 0 Å². The van der Waals surface area contributed by atoms with Crippen LogP contribution in [-0.2, 0) is 6.42 Å². The van der Waals surface area contributed by atoms with E-state index in [1.165, 1.54) is 12.1 Å². The van der Waals surface area contributed by atoms with Gasteiger partial charge in [0.15, 0.2) is 0 Å². The molecule has 0 bridgehead atoms. The summed E-state index contributed by atoms with van der Waals surface area (Å²) < 4.78 is 13.1. The molecule has 0 saturated heterocycles. The third kappa shape index (κ3) is 1.42. The summed E-state index contributed by atoms with van der Waals surface area (Å²) in [7, 11) is 0. The number of rotatable bonds is 1. The van der Waals surface area contributed by atoms with E-state index in [2.05, 4.69) is 4.98 Å².